The summed E-state index contributed by atoms with van der Waals surface area (Å²) in [6.45, 7) is 6.60. The molecule has 1 amide bonds. The van der Waals surface area contributed by atoms with E-state index in [0.717, 1.165) is 31.9 Å². The van der Waals surface area contributed by atoms with Crippen molar-refractivity contribution in [3.05, 3.63) is 29.8 Å². The first-order valence-electron chi connectivity index (χ1n) is 10.0. The monoisotopic (exact) mass is 410 g/mol. The van der Waals surface area contributed by atoms with Crippen molar-refractivity contribution >= 4 is 27.4 Å². The van der Waals surface area contributed by atoms with Crippen LogP contribution in [0.1, 0.15) is 69.7 Å². The topological polar surface area (TPSA) is 83.6 Å². The van der Waals surface area contributed by atoms with Gasteiger partial charge in [0.2, 0.25) is 15.9 Å². The molecule has 0 saturated carbocycles. The van der Waals surface area contributed by atoms with Crippen LogP contribution in [0.2, 0.25) is 0 Å². The Kier molecular flexibility index (Phi) is 10.2. The van der Waals surface area contributed by atoms with Crippen LogP contribution < -0.4 is 9.62 Å². The number of hydrogen-bond acceptors (Lipinski definition) is 4. The molecule has 0 bridgehead atoms. The molecule has 0 aromatic heterocycles. The highest BCUT2D eigenvalue weighted by molar-refractivity contribution is 7.92. The third-order valence-corrected chi connectivity index (χ3v) is 6.03. The van der Waals surface area contributed by atoms with Gasteiger partial charge < -0.3 is 5.32 Å². The van der Waals surface area contributed by atoms with Gasteiger partial charge >= 0.3 is 0 Å². The predicted molar refractivity (Wildman–Crippen MR) is 114 cm³/mol. The predicted octanol–water partition coefficient (Wildman–Crippen LogP) is 3.77. The van der Waals surface area contributed by atoms with Crippen molar-refractivity contribution in [2.75, 3.05) is 23.7 Å². The molecule has 1 aromatic rings. The second-order valence-electron chi connectivity index (χ2n) is 7.27. The van der Waals surface area contributed by atoms with Crippen LogP contribution in [0.3, 0.4) is 0 Å². The summed E-state index contributed by atoms with van der Waals surface area (Å²) >= 11 is 0. The quantitative estimate of drug-likeness (QED) is 0.502. The number of benzene rings is 1. The first kappa shape index (κ1) is 24.1. The van der Waals surface area contributed by atoms with Gasteiger partial charge in [-0.05, 0) is 37.8 Å². The molecule has 28 heavy (non-hydrogen) atoms. The third-order valence-electron chi connectivity index (χ3n) is 4.84. The number of carbonyl (C=O) groups excluding carboxylic acids is 2. The Morgan fingerprint density at radius 2 is 1.89 bits per heavy atom. The molecule has 1 unspecified atom stereocenters. The van der Waals surface area contributed by atoms with E-state index in [1.54, 1.807) is 24.3 Å². The number of anilines is 1. The highest BCUT2D eigenvalue weighted by Crippen LogP contribution is 2.20. The van der Waals surface area contributed by atoms with Crippen molar-refractivity contribution in [2.24, 2.45) is 5.92 Å². The second-order valence-corrected chi connectivity index (χ2v) is 9.17. The Labute approximate surface area is 169 Å². The van der Waals surface area contributed by atoms with E-state index in [2.05, 4.69) is 19.2 Å². The van der Waals surface area contributed by atoms with Crippen LogP contribution in [0.15, 0.2) is 24.3 Å². The van der Waals surface area contributed by atoms with Gasteiger partial charge in [0.05, 0.1) is 11.9 Å². The smallest absolute Gasteiger partial charge is 0.232 e. The number of unbranched alkanes of at least 4 members (excludes halogenated alkanes) is 1. The van der Waals surface area contributed by atoms with Gasteiger partial charge in [-0.1, -0.05) is 45.2 Å². The van der Waals surface area contributed by atoms with E-state index in [0.29, 0.717) is 30.1 Å². The summed E-state index contributed by atoms with van der Waals surface area (Å²) in [5, 5.41) is 2.97. The van der Waals surface area contributed by atoms with Gasteiger partial charge in [-0.3, -0.25) is 13.9 Å². The van der Waals surface area contributed by atoms with Crippen LogP contribution in [-0.4, -0.2) is 39.5 Å². The molecule has 0 radical (unpaired) electrons. The van der Waals surface area contributed by atoms with Crippen molar-refractivity contribution in [1.29, 1.82) is 0 Å². The van der Waals surface area contributed by atoms with E-state index in [-0.39, 0.29) is 24.7 Å². The zero-order valence-electron chi connectivity index (χ0n) is 17.5. The SMILES string of the molecule is CCCCC(CC)CNC(=O)CCCN(c1cccc(C(C)=O)c1)S(C)(=O)=O. The maximum absolute atomic E-state index is 12.2. The average Bonchev–Trinajstić information content (AvgIpc) is 2.64. The molecule has 0 saturated heterocycles. The Balaban J connectivity index is 2.62. The van der Waals surface area contributed by atoms with Gasteiger partial charge in [0, 0.05) is 25.1 Å². The fourth-order valence-electron chi connectivity index (χ4n) is 3.04. The Bertz CT molecular complexity index is 747. The summed E-state index contributed by atoms with van der Waals surface area (Å²) in [5.41, 5.74) is 0.905. The molecule has 7 heteroatoms. The van der Waals surface area contributed by atoms with Crippen LogP contribution in [0.4, 0.5) is 5.69 Å². The largest absolute Gasteiger partial charge is 0.356 e. The lowest BCUT2D eigenvalue weighted by molar-refractivity contribution is -0.121. The fraction of sp³-hybridized carbons (Fsp3) is 0.619. The summed E-state index contributed by atoms with van der Waals surface area (Å²) in [6, 6.07) is 6.55. The lowest BCUT2D eigenvalue weighted by Crippen LogP contribution is -2.33. The molecule has 1 N–H and O–H groups in total. The number of nitrogens with zero attached hydrogens (tertiary/aromatic N) is 1. The average molecular weight is 411 g/mol. The molecule has 0 aliphatic carbocycles. The zero-order valence-corrected chi connectivity index (χ0v) is 18.3. The molecule has 1 atom stereocenters. The van der Waals surface area contributed by atoms with E-state index in [9.17, 15) is 18.0 Å². The van der Waals surface area contributed by atoms with E-state index >= 15 is 0 Å². The van der Waals surface area contributed by atoms with E-state index < -0.39 is 10.0 Å². The maximum atomic E-state index is 12.2. The minimum atomic E-state index is -3.51. The first-order valence-corrected chi connectivity index (χ1v) is 11.9. The fourth-order valence-corrected chi connectivity index (χ4v) is 4.00. The molecule has 0 heterocycles. The summed E-state index contributed by atoms with van der Waals surface area (Å²) < 4.78 is 25.6. The van der Waals surface area contributed by atoms with Crippen molar-refractivity contribution in [3.8, 4) is 0 Å². The van der Waals surface area contributed by atoms with Gasteiger partial charge in [0.1, 0.15) is 0 Å². The number of carbonyl (C=O) groups is 2. The van der Waals surface area contributed by atoms with Crippen LogP contribution in [0.5, 0.6) is 0 Å². The number of sulfonamides is 1. The normalized spacial score (nSPS) is 12.4. The molecule has 1 rings (SSSR count). The Morgan fingerprint density at radius 1 is 1.18 bits per heavy atom. The summed E-state index contributed by atoms with van der Waals surface area (Å²) in [6.07, 6.45) is 6.27. The minimum Gasteiger partial charge on any atom is -0.356 e. The molecular weight excluding hydrogens is 376 g/mol. The Hall–Kier alpha value is -1.89. The van der Waals surface area contributed by atoms with Crippen molar-refractivity contribution in [2.45, 2.75) is 59.3 Å². The lowest BCUT2D eigenvalue weighted by atomic mass is 9.99. The number of ketones is 1. The molecule has 0 aliphatic rings. The van der Waals surface area contributed by atoms with Crippen molar-refractivity contribution in [1.82, 2.24) is 5.32 Å². The molecule has 0 aliphatic heterocycles. The van der Waals surface area contributed by atoms with E-state index in [4.69, 9.17) is 0 Å². The van der Waals surface area contributed by atoms with Gasteiger partial charge in [0.25, 0.3) is 0 Å². The van der Waals surface area contributed by atoms with E-state index in [1.165, 1.54) is 11.2 Å². The molecule has 0 fully saturated rings. The van der Waals surface area contributed by atoms with Gasteiger partial charge in [-0.25, -0.2) is 8.42 Å². The third kappa shape index (κ3) is 8.42. The van der Waals surface area contributed by atoms with Gasteiger partial charge in [-0.2, -0.15) is 0 Å². The summed E-state index contributed by atoms with van der Waals surface area (Å²) in [4.78, 5) is 23.7. The molecular formula is C21H34N2O4S. The van der Waals surface area contributed by atoms with Crippen LogP contribution in [0.25, 0.3) is 0 Å². The maximum Gasteiger partial charge on any atom is 0.232 e. The number of Topliss-reactive ketones (excluding diaryl/α,β-unsaturated/α-hetero) is 1. The van der Waals surface area contributed by atoms with Crippen molar-refractivity contribution in [3.63, 3.8) is 0 Å². The standard InChI is InChI=1S/C21H34N2O4S/c1-5-7-10-18(6-2)16-22-21(25)13-9-14-23(28(4,26)27)20-12-8-11-19(15-20)17(3)24/h8,11-12,15,18H,5-7,9-10,13-14,16H2,1-4H3,(H,22,25). The van der Waals surface area contributed by atoms with Gasteiger partial charge in [0.15, 0.2) is 5.78 Å². The molecule has 0 spiro atoms. The molecule has 158 valence electrons. The van der Waals surface area contributed by atoms with E-state index in [1.807, 2.05) is 0 Å². The summed E-state index contributed by atoms with van der Waals surface area (Å²) in [7, 11) is -3.51. The van der Waals surface area contributed by atoms with Gasteiger partial charge in [-0.15, -0.1) is 0 Å². The van der Waals surface area contributed by atoms with Crippen LogP contribution in [0, 0.1) is 5.92 Å². The Morgan fingerprint density at radius 3 is 2.46 bits per heavy atom. The number of rotatable bonds is 13. The van der Waals surface area contributed by atoms with Crippen LogP contribution in [-0.2, 0) is 14.8 Å². The van der Waals surface area contributed by atoms with Crippen molar-refractivity contribution < 1.29 is 18.0 Å². The molecule has 6 nitrogen and oxygen atoms in total. The highest BCUT2D eigenvalue weighted by atomic mass is 32.2. The zero-order chi connectivity index (χ0) is 21.2. The number of hydrogen-bond donors (Lipinski definition) is 1. The summed E-state index contributed by atoms with van der Waals surface area (Å²) in [5.74, 6) is 0.315. The highest BCUT2D eigenvalue weighted by Gasteiger charge is 2.18. The lowest BCUT2D eigenvalue weighted by Gasteiger charge is -2.23. The van der Waals surface area contributed by atoms with Crippen LogP contribution >= 0.6 is 0 Å². The molecule has 1 aromatic carbocycles. The number of nitrogens with one attached hydrogen (secondary N) is 1. The minimum absolute atomic E-state index is 0.0547. The first-order chi connectivity index (χ1) is 13.2. The number of amides is 1. The second kappa shape index (κ2) is 11.8.